The number of hydrogen-bond acceptors (Lipinski definition) is 6. The van der Waals surface area contributed by atoms with Crippen LogP contribution in [-0.2, 0) is 19.9 Å². The van der Waals surface area contributed by atoms with E-state index in [1.54, 1.807) is 6.92 Å². The lowest BCUT2D eigenvalue weighted by molar-refractivity contribution is 0.400. The van der Waals surface area contributed by atoms with E-state index in [-0.39, 0.29) is 15.6 Å². The van der Waals surface area contributed by atoms with Crippen LogP contribution in [0.3, 0.4) is 0 Å². The predicted octanol–water partition coefficient (Wildman–Crippen LogP) is 1.19. The highest BCUT2D eigenvalue weighted by Gasteiger charge is 2.24. The van der Waals surface area contributed by atoms with Gasteiger partial charge in [-0.3, -0.25) is 4.72 Å². The molecule has 0 saturated carbocycles. The van der Waals surface area contributed by atoms with Crippen LogP contribution in [0.4, 0.5) is 5.82 Å². The molecule has 0 fully saturated rings. The first kappa shape index (κ1) is 14.5. The number of sulfone groups is 1. The van der Waals surface area contributed by atoms with E-state index in [0.29, 0.717) is 5.76 Å². The Labute approximate surface area is 116 Å². The standard InChI is InChI=1S/C11H12N2O5S2/c1-8-7-11(12-18-8)13-20(16,17)10-6-4-3-5-9(10)19(2,14)15/h3-7H,1-2H3,(H,12,13). The molecule has 2 rings (SSSR count). The zero-order valence-electron chi connectivity index (χ0n) is 10.7. The zero-order valence-corrected chi connectivity index (χ0v) is 12.3. The molecule has 0 radical (unpaired) electrons. The van der Waals surface area contributed by atoms with Crippen LogP contribution in [0.15, 0.2) is 44.6 Å². The first-order valence-corrected chi connectivity index (χ1v) is 8.83. The van der Waals surface area contributed by atoms with E-state index in [9.17, 15) is 16.8 Å². The molecule has 2 aromatic rings. The third-order valence-corrected chi connectivity index (χ3v) is 5.10. The van der Waals surface area contributed by atoms with Crippen LogP contribution in [0.25, 0.3) is 0 Å². The normalized spacial score (nSPS) is 12.3. The van der Waals surface area contributed by atoms with Crippen molar-refractivity contribution in [2.24, 2.45) is 0 Å². The summed E-state index contributed by atoms with van der Waals surface area (Å²) in [5, 5.41) is 3.50. The monoisotopic (exact) mass is 316 g/mol. The van der Waals surface area contributed by atoms with Crippen LogP contribution in [0.2, 0.25) is 0 Å². The Kier molecular flexibility index (Phi) is 3.57. The van der Waals surface area contributed by atoms with Gasteiger partial charge in [-0.05, 0) is 19.1 Å². The molecule has 0 aliphatic carbocycles. The Hall–Kier alpha value is -1.87. The fourth-order valence-corrected chi connectivity index (χ4v) is 4.20. The summed E-state index contributed by atoms with van der Waals surface area (Å²) < 4.78 is 54.6. The van der Waals surface area contributed by atoms with Gasteiger partial charge in [0.25, 0.3) is 10.0 Å². The Morgan fingerprint density at radius 1 is 1.10 bits per heavy atom. The summed E-state index contributed by atoms with van der Waals surface area (Å²) >= 11 is 0. The second-order valence-corrected chi connectivity index (χ2v) is 7.78. The Morgan fingerprint density at radius 2 is 1.70 bits per heavy atom. The third kappa shape index (κ3) is 2.99. The van der Waals surface area contributed by atoms with Gasteiger partial charge in [0, 0.05) is 12.3 Å². The van der Waals surface area contributed by atoms with Crippen molar-refractivity contribution in [1.82, 2.24) is 5.16 Å². The van der Waals surface area contributed by atoms with Gasteiger partial charge in [-0.15, -0.1) is 0 Å². The molecular weight excluding hydrogens is 304 g/mol. The van der Waals surface area contributed by atoms with Crippen LogP contribution >= 0.6 is 0 Å². The fourth-order valence-electron chi connectivity index (χ4n) is 1.59. The summed E-state index contributed by atoms with van der Waals surface area (Å²) in [6.45, 7) is 1.61. The van der Waals surface area contributed by atoms with Gasteiger partial charge in [0.15, 0.2) is 15.7 Å². The van der Waals surface area contributed by atoms with Gasteiger partial charge in [-0.25, -0.2) is 16.8 Å². The number of aromatic nitrogens is 1. The minimum atomic E-state index is -4.07. The molecule has 1 heterocycles. The van der Waals surface area contributed by atoms with Crippen molar-refractivity contribution in [2.75, 3.05) is 11.0 Å². The molecule has 0 amide bonds. The maximum absolute atomic E-state index is 12.2. The zero-order chi connectivity index (χ0) is 15.0. The van der Waals surface area contributed by atoms with Crippen molar-refractivity contribution in [3.63, 3.8) is 0 Å². The number of anilines is 1. The molecule has 9 heteroatoms. The molecule has 1 N–H and O–H groups in total. The number of nitrogens with one attached hydrogen (secondary N) is 1. The highest BCUT2D eigenvalue weighted by Crippen LogP contribution is 2.23. The van der Waals surface area contributed by atoms with E-state index in [0.717, 1.165) is 6.26 Å². The Balaban J connectivity index is 2.50. The maximum Gasteiger partial charge on any atom is 0.264 e. The van der Waals surface area contributed by atoms with Crippen molar-refractivity contribution in [3.8, 4) is 0 Å². The first-order chi connectivity index (χ1) is 9.20. The Bertz CT molecular complexity index is 837. The van der Waals surface area contributed by atoms with Gasteiger partial charge in [-0.2, -0.15) is 0 Å². The summed E-state index contributed by atoms with van der Waals surface area (Å²) in [5.41, 5.74) is 0. The minimum absolute atomic E-state index is 0.00851. The van der Waals surface area contributed by atoms with Crippen LogP contribution in [0, 0.1) is 6.92 Å². The number of hydrogen-bond donors (Lipinski definition) is 1. The molecule has 7 nitrogen and oxygen atoms in total. The number of aryl methyl sites for hydroxylation is 1. The molecule has 20 heavy (non-hydrogen) atoms. The van der Waals surface area contributed by atoms with E-state index in [1.165, 1.54) is 30.3 Å². The van der Waals surface area contributed by atoms with Crippen LogP contribution in [0.5, 0.6) is 0 Å². The van der Waals surface area contributed by atoms with Crippen molar-refractivity contribution >= 4 is 25.7 Å². The third-order valence-electron chi connectivity index (χ3n) is 2.41. The van der Waals surface area contributed by atoms with E-state index < -0.39 is 19.9 Å². The van der Waals surface area contributed by atoms with E-state index in [4.69, 9.17) is 4.52 Å². The molecule has 0 atom stereocenters. The average molecular weight is 316 g/mol. The van der Waals surface area contributed by atoms with Gasteiger partial charge < -0.3 is 4.52 Å². The summed E-state index contributed by atoms with van der Waals surface area (Å²) in [4.78, 5) is -0.601. The molecule has 1 aromatic heterocycles. The topological polar surface area (TPSA) is 106 Å². The molecule has 0 aliphatic rings. The molecular formula is C11H12N2O5S2. The van der Waals surface area contributed by atoms with Crippen molar-refractivity contribution < 1.29 is 21.4 Å². The van der Waals surface area contributed by atoms with Crippen LogP contribution < -0.4 is 4.72 Å². The second-order valence-electron chi connectivity index (χ2n) is 4.15. The molecule has 0 aliphatic heterocycles. The molecule has 0 saturated heterocycles. The van der Waals surface area contributed by atoms with E-state index in [1.807, 2.05) is 0 Å². The van der Waals surface area contributed by atoms with Crippen molar-refractivity contribution in [2.45, 2.75) is 16.7 Å². The molecule has 0 unspecified atom stereocenters. The SMILES string of the molecule is Cc1cc(NS(=O)(=O)c2ccccc2S(C)(=O)=O)no1. The number of sulfonamides is 1. The molecule has 1 aromatic carbocycles. The van der Waals surface area contributed by atoms with Gasteiger partial charge in [0.05, 0.1) is 4.90 Å². The minimum Gasteiger partial charge on any atom is -0.360 e. The number of benzene rings is 1. The van der Waals surface area contributed by atoms with E-state index in [2.05, 4.69) is 9.88 Å². The van der Waals surface area contributed by atoms with Gasteiger partial charge in [0.2, 0.25) is 0 Å². The second kappa shape index (κ2) is 4.91. The lowest BCUT2D eigenvalue weighted by Crippen LogP contribution is -2.16. The van der Waals surface area contributed by atoms with Gasteiger partial charge in [-0.1, -0.05) is 17.3 Å². The summed E-state index contributed by atoms with van der Waals surface area (Å²) in [5.74, 6) is 0.421. The number of rotatable bonds is 4. The fraction of sp³-hybridized carbons (Fsp3) is 0.182. The summed E-state index contributed by atoms with van der Waals surface area (Å²) in [6, 6.07) is 6.73. The smallest absolute Gasteiger partial charge is 0.264 e. The largest absolute Gasteiger partial charge is 0.360 e. The van der Waals surface area contributed by atoms with Crippen LogP contribution in [-0.4, -0.2) is 28.2 Å². The van der Waals surface area contributed by atoms with Crippen LogP contribution in [0.1, 0.15) is 5.76 Å². The van der Waals surface area contributed by atoms with Gasteiger partial charge >= 0.3 is 0 Å². The lowest BCUT2D eigenvalue weighted by Gasteiger charge is -2.09. The highest BCUT2D eigenvalue weighted by atomic mass is 32.2. The maximum atomic E-state index is 12.2. The summed E-state index contributed by atoms with van der Waals surface area (Å²) in [7, 11) is -7.73. The number of nitrogens with zero attached hydrogens (tertiary/aromatic N) is 1. The Morgan fingerprint density at radius 3 is 2.20 bits per heavy atom. The average Bonchev–Trinajstić information content (AvgIpc) is 2.73. The molecule has 0 spiro atoms. The lowest BCUT2D eigenvalue weighted by atomic mass is 10.4. The quantitative estimate of drug-likeness (QED) is 0.908. The first-order valence-electron chi connectivity index (χ1n) is 5.45. The highest BCUT2D eigenvalue weighted by molar-refractivity contribution is 7.95. The summed E-state index contributed by atoms with van der Waals surface area (Å²) in [6.07, 6.45) is 0.946. The van der Waals surface area contributed by atoms with Crippen molar-refractivity contribution in [3.05, 3.63) is 36.1 Å². The molecule has 108 valence electrons. The molecule has 0 bridgehead atoms. The van der Waals surface area contributed by atoms with Gasteiger partial charge in [0.1, 0.15) is 10.7 Å². The van der Waals surface area contributed by atoms with Crippen molar-refractivity contribution in [1.29, 1.82) is 0 Å². The predicted molar refractivity (Wildman–Crippen MR) is 71.6 cm³/mol. The van der Waals surface area contributed by atoms with E-state index >= 15 is 0 Å².